The zero-order valence-electron chi connectivity index (χ0n) is 71.9. The van der Waals surface area contributed by atoms with Crippen molar-refractivity contribution in [1.82, 2.24) is 0 Å². The number of aliphatic hydroxyl groups is 9. The van der Waals surface area contributed by atoms with Crippen LogP contribution in [0.2, 0.25) is 0 Å². The highest BCUT2D eigenvalue weighted by atomic mass is 31.2. The second kappa shape index (κ2) is 68.7. The standard InChI is InChI=1S/C89H165O25P/c1-5-9-13-17-21-25-29-33-35-39-42-46-50-54-58-62-73(92)106-68-71-77(96)79(98)83(102)89(110-71)113-86-84(111-75(94)64-60-56-52-48-43-38-32-28-24-20-16-12-8-4)80(99)81(100)85(112-88-82(101)78(97)76(95)70(65-90)109-88)87(86)114-115(103,104)107-67-69(66-105-72(91)61-57-53-49-45-41-37-31-27-23-19-15-11-7-3)108-74(93)63-59-55-51-47-44-40-36-34-30-26-22-18-14-10-6-2/h25,29,69-71,76-90,95-102H,5-24,26-28,30-68H2,1-4H3,(H,103,104)/b29-25-. The highest BCUT2D eigenvalue weighted by Crippen LogP contribution is 2.49. The Morgan fingerprint density at radius 1 is 0.339 bits per heavy atom. The first-order chi connectivity index (χ1) is 55.7. The molecule has 25 nitrogen and oxygen atoms in total. The highest BCUT2D eigenvalue weighted by Gasteiger charge is 2.60. The predicted octanol–water partition coefficient (Wildman–Crippen LogP) is 16.8. The molecule has 18 atom stereocenters. The SMILES string of the molecule is CCCCCC/C=C\CCCCCCCCCC(=O)OCC1OC(OC2C(OC(=O)CCCCCCCCCCCCCCC)C(O)C(O)C(OC3OC(CO)C(O)C(O)C3O)C2OP(=O)(O)OCC(COC(=O)CCCCCCCCCCCCCCC)OC(=O)CCCCCCCCCCCCCCCCC)C(O)C(O)C1O. The van der Waals surface area contributed by atoms with Crippen LogP contribution in [0.15, 0.2) is 12.2 Å². The lowest BCUT2D eigenvalue weighted by Gasteiger charge is -2.50. The Hall–Kier alpha value is -2.79. The van der Waals surface area contributed by atoms with Crippen molar-refractivity contribution in [3.05, 3.63) is 12.2 Å². The Balaban J connectivity index is 1.92. The first kappa shape index (κ1) is 106. The van der Waals surface area contributed by atoms with Gasteiger partial charge in [0, 0.05) is 25.7 Å². The summed E-state index contributed by atoms with van der Waals surface area (Å²) in [6, 6.07) is 0. The van der Waals surface area contributed by atoms with Crippen molar-refractivity contribution in [2.24, 2.45) is 0 Å². The number of ether oxygens (including phenoxy) is 8. The van der Waals surface area contributed by atoms with Crippen molar-refractivity contribution in [3.8, 4) is 0 Å². The van der Waals surface area contributed by atoms with E-state index in [2.05, 4.69) is 39.8 Å². The first-order valence-electron chi connectivity index (χ1n) is 46.4. The molecule has 0 spiro atoms. The number of carbonyl (C=O) groups excluding carboxylic acids is 4. The maximum Gasteiger partial charge on any atom is 0.472 e. The van der Waals surface area contributed by atoms with E-state index in [0.29, 0.717) is 32.1 Å². The van der Waals surface area contributed by atoms with Gasteiger partial charge < -0.3 is 88.7 Å². The van der Waals surface area contributed by atoms with Crippen LogP contribution in [-0.2, 0) is 70.7 Å². The second-order valence-electron chi connectivity index (χ2n) is 33.2. The van der Waals surface area contributed by atoms with Crippen LogP contribution in [0, 0.1) is 0 Å². The van der Waals surface area contributed by atoms with Crippen LogP contribution < -0.4 is 0 Å². The summed E-state index contributed by atoms with van der Waals surface area (Å²) in [6.45, 7) is 5.59. The molecule has 26 heteroatoms. The van der Waals surface area contributed by atoms with Crippen LogP contribution in [0.1, 0.15) is 400 Å². The van der Waals surface area contributed by atoms with E-state index in [9.17, 15) is 74.6 Å². The molecule has 2 aliphatic heterocycles. The van der Waals surface area contributed by atoms with Crippen LogP contribution in [0.4, 0.5) is 0 Å². The highest BCUT2D eigenvalue weighted by molar-refractivity contribution is 7.47. The Bertz CT molecular complexity index is 2440. The third kappa shape index (κ3) is 49.2. The van der Waals surface area contributed by atoms with Gasteiger partial charge in [0.1, 0.15) is 92.6 Å². The van der Waals surface area contributed by atoms with Gasteiger partial charge in [0.2, 0.25) is 0 Å². The van der Waals surface area contributed by atoms with Crippen LogP contribution >= 0.6 is 7.82 Å². The van der Waals surface area contributed by atoms with Gasteiger partial charge in [-0.1, -0.05) is 335 Å². The Kier molecular flexibility index (Phi) is 63.6. The lowest BCUT2D eigenvalue weighted by Crippen LogP contribution is -2.70. The van der Waals surface area contributed by atoms with Gasteiger partial charge in [-0.25, -0.2) is 4.57 Å². The molecule has 3 fully saturated rings. The van der Waals surface area contributed by atoms with Gasteiger partial charge in [0.05, 0.1) is 13.2 Å². The molecule has 2 heterocycles. The quantitative estimate of drug-likeness (QED) is 0.00889. The van der Waals surface area contributed by atoms with Crippen molar-refractivity contribution < 1.29 is 122 Å². The molecule has 3 aliphatic rings. The molecule has 0 aromatic carbocycles. The number of hydrogen-bond acceptors (Lipinski definition) is 24. The largest absolute Gasteiger partial charge is 0.472 e. The van der Waals surface area contributed by atoms with Crippen molar-refractivity contribution in [2.75, 3.05) is 26.4 Å². The van der Waals surface area contributed by atoms with Crippen LogP contribution in [-0.4, -0.2) is 205 Å². The monoisotopic (exact) mass is 1670 g/mol. The first-order valence-corrected chi connectivity index (χ1v) is 47.9. The summed E-state index contributed by atoms with van der Waals surface area (Å²) in [5.41, 5.74) is 0. The number of carbonyl (C=O) groups is 4. The summed E-state index contributed by atoms with van der Waals surface area (Å²) in [4.78, 5) is 66.4. The topological polar surface area (TPSA) is 380 Å². The van der Waals surface area contributed by atoms with Crippen molar-refractivity contribution in [1.29, 1.82) is 0 Å². The summed E-state index contributed by atoms with van der Waals surface area (Å²) in [7, 11) is -5.80. The minimum atomic E-state index is -5.80. The fourth-order valence-electron chi connectivity index (χ4n) is 15.4. The fourth-order valence-corrected chi connectivity index (χ4v) is 16.3. The molecule has 10 N–H and O–H groups in total. The van der Waals surface area contributed by atoms with E-state index in [1.807, 2.05) is 0 Å². The fraction of sp³-hybridized carbons (Fsp3) is 0.933. The van der Waals surface area contributed by atoms with Gasteiger partial charge in [-0.3, -0.25) is 28.2 Å². The number of phosphoric acid groups is 1. The minimum absolute atomic E-state index is 0.0111. The van der Waals surface area contributed by atoms with E-state index in [1.165, 1.54) is 167 Å². The minimum Gasteiger partial charge on any atom is -0.463 e. The third-order valence-corrected chi connectivity index (χ3v) is 23.8. The zero-order valence-corrected chi connectivity index (χ0v) is 72.7. The molecule has 0 bridgehead atoms. The molecule has 0 amide bonds. The van der Waals surface area contributed by atoms with Gasteiger partial charge in [-0.05, 0) is 51.4 Å². The number of phosphoric ester groups is 1. The van der Waals surface area contributed by atoms with E-state index in [4.69, 9.17) is 46.9 Å². The molecule has 115 heavy (non-hydrogen) atoms. The van der Waals surface area contributed by atoms with E-state index in [1.54, 1.807) is 0 Å². The van der Waals surface area contributed by atoms with Gasteiger partial charge in [0.25, 0.3) is 0 Å². The van der Waals surface area contributed by atoms with Crippen molar-refractivity contribution >= 4 is 31.7 Å². The molecular formula is C89H165O25P. The Labute approximate surface area is 692 Å². The van der Waals surface area contributed by atoms with E-state index in [0.717, 1.165) is 148 Å². The molecule has 0 aromatic heterocycles. The smallest absolute Gasteiger partial charge is 0.463 e. The second-order valence-corrected chi connectivity index (χ2v) is 34.6. The lowest BCUT2D eigenvalue weighted by atomic mass is 9.84. The van der Waals surface area contributed by atoms with Gasteiger partial charge >= 0.3 is 31.7 Å². The maximum absolute atomic E-state index is 14.9. The summed E-state index contributed by atoms with van der Waals surface area (Å²) >= 11 is 0. The lowest BCUT2D eigenvalue weighted by molar-refractivity contribution is -0.360. The number of hydrogen-bond donors (Lipinski definition) is 10. The van der Waals surface area contributed by atoms with Crippen LogP contribution in [0.3, 0.4) is 0 Å². The molecule has 0 radical (unpaired) electrons. The van der Waals surface area contributed by atoms with E-state index >= 15 is 0 Å². The number of esters is 4. The van der Waals surface area contributed by atoms with E-state index < -0.39 is 162 Å². The van der Waals surface area contributed by atoms with Gasteiger partial charge in [-0.15, -0.1) is 0 Å². The van der Waals surface area contributed by atoms with E-state index in [-0.39, 0.29) is 25.7 Å². The molecule has 1 saturated carbocycles. The summed E-state index contributed by atoms with van der Waals surface area (Å²) in [5.74, 6) is -2.95. The van der Waals surface area contributed by atoms with Gasteiger partial charge in [-0.2, -0.15) is 0 Å². The summed E-state index contributed by atoms with van der Waals surface area (Å²) in [5, 5.41) is 102. The van der Waals surface area contributed by atoms with Crippen molar-refractivity contribution in [2.45, 2.75) is 504 Å². The molecule has 18 unspecified atom stereocenters. The normalized spacial score (nSPS) is 25.3. The average Bonchev–Trinajstić information content (AvgIpc) is 0.756. The summed E-state index contributed by atoms with van der Waals surface area (Å²) in [6.07, 6.45) is 26.4. The molecule has 2 saturated heterocycles. The van der Waals surface area contributed by atoms with Crippen molar-refractivity contribution in [3.63, 3.8) is 0 Å². The molecule has 1 aliphatic carbocycles. The zero-order chi connectivity index (χ0) is 84.0. The van der Waals surface area contributed by atoms with Crippen LogP contribution in [0.5, 0.6) is 0 Å². The van der Waals surface area contributed by atoms with Gasteiger partial charge in [0.15, 0.2) is 24.8 Å². The maximum atomic E-state index is 14.9. The molecule has 676 valence electrons. The number of rotatable bonds is 75. The molecular weight excluding hydrogens is 1500 g/mol. The molecule has 0 aromatic rings. The molecule has 3 rings (SSSR count). The predicted molar refractivity (Wildman–Crippen MR) is 444 cm³/mol. The number of aliphatic hydroxyl groups excluding tert-OH is 9. The number of allylic oxidation sites excluding steroid dienone is 2. The summed E-state index contributed by atoms with van der Waals surface area (Å²) < 4.78 is 73.4. The third-order valence-electron chi connectivity index (χ3n) is 22.8. The Morgan fingerprint density at radius 3 is 1.04 bits per heavy atom. The average molecular weight is 1670 g/mol. The number of unbranched alkanes of at least 4 members (excludes halogenated alkanes) is 49. The van der Waals surface area contributed by atoms with Crippen LogP contribution in [0.25, 0.3) is 0 Å². The Morgan fingerprint density at radius 2 is 0.652 bits per heavy atom.